The van der Waals surface area contributed by atoms with E-state index in [1.165, 1.54) is 12.1 Å². The van der Waals surface area contributed by atoms with E-state index in [-0.39, 0.29) is 18.5 Å². The van der Waals surface area contributed by atoms with Crippen molar-refractivity contribution in [1.82, 2.24) is 15.0 Å². The van der Waals surface area contributed by atoms with Gasteiger partial charge in [0.15, 0.2) is 0 Å². The number of fused-ring (bicyclic) bond motifs is 1. The normalized spacial score (nSPS) is 18.0. The Morgan fingerprint density at radius 1 is 1.06 bits per heavy atom. The van der Waals surface area contributed by atoms with E-state index in [1.54, 1.807) is 23.5 Å². The van der Waals surface area contributed by atoms with Crippen LogP contribution in [0.15, 0.2) is 48.5 Å². The number of aryl methyl sites for hydroxylation is 1. The lowest BCUT2D eigenvalue weighted by Gasteiger charge is -2.18. The van der Waals surface area contributed by atoms with Crippen molar-refractivity contribution in [3.05, 3.63) is 65.6 Å². The highest BCUT2D eigenvalue weighted by atomic mass is 32.1. The Morgan fingerprint density at radius 2 is 1.88 bits per heavy atom. The molecule has 8 heteroatoms. The molecule has 170 valence electrons. The molecule has 33 heavy (non-hydrogen) atoms. The zero-order chi connectivity index (χ0) is 22.8. The molecular formula is C25H26FN5OS. The zero-order valence-electron chi connectivity index (χ0n) is 18.4. The van der Waals surface area contributed by atoms with Gasteiger partial charge in [-0.05, 0) is 61.9 Å². The van der Waals surface area contributed by atoms with Gasteiger partial charge < -0.3 is 15.7 Å². The Bertz CT molecular complexity index is 1230. The summed E-state index contributed by atoms with van der Waals surface area (Å²) in [5, 5.41) is 17.3. The van der Waals surface area contributed by atoms with Crippen molar-refractivity contribution in [1.29, 1.82) is 0 Å². The summed E-state index contributed by atoms with van der Waals surface area (Å²) in [5.41, 5.74) is 3.66. The van der Waals surface area contributed by atoms with Crippen LogP contribution in [0, 0.1) is 18.7 Å². The second-order valence-electron chi connectivity index (χ2n) is 8.53. The molecule has 0 unspecified atom stereocenters. The first-order valence-corrected chi connectivity index (χ1v) is 12.0. The van der Waals surface area contributed by atoms with E-state index >= 15 is 0 Å². The van der Waals surface area contributed by atoms with Crippen molar-refractivity contribution >= 4 is 33.3 Å². The summed E-state index contributed by atoms with van der Waals surface area (Å²) in [6, 6.07) is 14.7. The van der Waals surface area contributed by atoms with Crippen LogP contribution in [0.2, 0.25) is 0 Å². The molecule has 0 saturated heterocycles. The lowest BCUT2D eigenvalue weighted by Crippen LogP contribution is -2.19. The van der Waals surface area contributed by atoms with Crippen molar-refractivity contribution in [2.75, 3.05) is 17.2 Å². The number of aromatic nitrogens is 3. The first-order chi connectivity index (χ1) is 16.1. The van der Waals surface area contributed by atoms with E-state index in [0.717, 1.165) is 57.1 Å². The molecule has 3 N–H and O–H groups in total. The number of thiazole rings is 1. The zero-order valence-corrected chi connectivity index (χ0v) is 19.2. The molecule has 2 heterocycles. The number of nitrogens with one attached hydrogen (secondary N) is 2. The largest absolute Gasteiger partial charge is 0.396 e. The highest BCUT2D eigenvalue weighted by molar-refractivity contribution is 7.21. The van der Waals surface area contributed by atoms with Gasteiger partial charge in [0.1, 0.15) is 16.6 Å². The number of para-hydroxylation sites is 1. The van der Waals surface area contributed by atoms with Crippen molar-refractivity contribution < 1.29 is 9.50 Å². The second kappa shape index (κ2) is 9.41. The number of hydrogen-bond donors (Lipinski definition) is 3. The van der Waals surface area contributed by atoms with Crippen LogP contribution in [0.5, 0.6) is 0 Å². The van der Waals surface area contributed by atoms with Crippen LogP contribution >= 0.6 is 11.3 Å². The predicted molar refractivity (Wildman–Crippen MR) is 131 cm³/mol. The molecule has 1 fully saturated rings. The minimum absolute atomic E-state index is 0.218. The maximum atomic E-state index is 13.2. The van der Waals surface area contributed by atoms with Gasteiger partial charge in [-0.15, -0.1) is 11.3 Å². The summed E-state index contributed by atoms with van der Waals surface area (Å²) in [6.07, 6.45) is 2.91. The van der Waals surface area contributed by atoms with Crippen molar-refractivity contribution in [3.8, 4) is 10.6 Å². The molecule has 0 aliphatic heterocycles. The van der Waals surface area contributed by atoms with Gasteiger partial charge in [0.25, 0.3) is 0 Å². The number of aliphatic hydroxyl groups excluding tert-OH is 1. The Labute approximate surface area is 195 Å². The minimum atomic E-state index is -0.254. The van der Waals surface area contributed by atoms with Crippen LogP contribution in [0.1, 0.15) is 30.5 Å². The molecule has 0 bridgehead atoms. The van der Waals surface area contributed by atoms with Crippen LogP contribution in [0.3, 0.4) is 0 Å². The summed E-state index contributed by atoms with van der Waals surface area (Å²) < 4.78 is 14.3. The predicted octanol–water partition coefficient (Wildman–Crippen LogP) is 5.39. The number of aliphatic hydroxyl groups is 1. The van der Waals surface area contributed by atoms with Gasteiger partial charge in [-0.3, -0.25) is 0 Å². The van der Waals surface area contributed by atoms with Crippen LogP contribution in [-0.2, 0) is 6.54 Å². The van der Waals surface area contributed by atoms with E-state index in [0.29, 0.717) is 18.4 Å². The number of nitrogens with zero attached hydrogens (tertiary/aromatic N) is 3. The van der Waals surface area contributed by atoms with Gasteiger partial charge in [-0.1, -0.05) is 24.3 Å². The van der Waals surface area contributed by atoms with Crippen LogP contribution in [0.25, 0.3) is 20.8 Å². The lowest BCUT2D eigenvalue weighted by atomic mass is 10.1. The van der Waals surface area contributed by atoms with E-state index in [9.17, 15) is 9.50 Å². The fourth-order valence-corrected chi connectivity index (χ4v) is 5.40. The minimum Gasteiger partial charge on any atom is -0.396 e. The van der Waals surface area contributed by atoms with Crippen LogP contribution in [-0.4, -0.2) is 32.7 Å². The van der Waals surface area contributed by atoms with Crippen molar-refractivity contribution in [2.24, 2.45) is 5.92 Å². The average molecular weight is 464 g/mol. The quantitative estimate of drug-likeness (QED) is 0.341. The summed E-state index contributed by atoms with van der Waals surface area (Å²) in [4.78, 5) is 14.4. The lowest BCUT2D eigenvalue weighted by molar-refractivity contribution is 0.229. The van der Waals surface area contributed by atoms with E-state index in [1.807, 2.05) is 25.1 Å². The van der Waals surface area contributed by atoms with Gasteiger partial charge in [0.2, 0.25) is 5.95 Å². The molecule has 0 amide bonds. The second-order valence-corrected chi connectivity index (χ2v) is 9.56. The Kier molecular flexibility index (Phi) is 6.20. The molecule has 2 aromatic heterocycles. The van der Waals surface area contributed by atoms with E-state index < -0.39 is 0 Å². The summed E-state index contributed by atoms with van der Waals surface area (Å²) >= 11 is 1.63. The molecule has 5 rings (SSSR count). The molecule has 1 aliphatic carbocycles. The number of hydrogen-bond acceptors (Lipinski definition) is 7. The van der Waals surface area contributed by atoms with E-state index in [4.69, 9.17) is 15.0 Å². The molecule has 6 nitrogen and oxygen atoms in total. The van der Waals surface area contributed by atoms with Crippen molar-refractivity contribution in [3.63, 3.8) is 0 Å². The van der Waals surface area contributed by atoms with Gasteiger partial charge >= 0.3 is 0 Å². The number of benzene rings is 2. The number of rotatable bonds is 7. The average Bonchev–Trinajstić information content (AvgIpc) is 3.45. The molecule has 1 aliphatic rings. The summed E-state index contributed by atoms with van der Waals surface area (Å²) in [5.74, 6) is 1.34. The fourth-order valence-electron chi connectivity index (χ4n) is 4.34. The maximum absolute atomic E-state index is 13.2. The Morgan fingerprint density at radius 3 is 2.64 bits per heavy atom. The molecule has 2 atom stereocenters. The van der Waals surface area contributed by atoms with Crippen LogP contribution in [0.4, 0.5) is 16.2 Å². The third-order valence-electron chi connectivity index (χ3n) is 6.10. The number of anilines is 2. The summed E-state index contributed by atoms with van der Waals surface area (Å²) in [7, 11) is 0. The fraction of sp³-hybridized carbons (Fsp3) is 0.320. The summed E-state index contributed by atoms with van der Waals surface area (Å²) in [6.45, 7) is 2.69. The van der Waals surface area contributed by atoms with Crippen LogP contribution < -0.4 is 10.6 Å². The first kappa shape index (κ1) is 21.7. The molecular weight excluding hydrogens is 437 g/mol. The third kappa shape index (κ3) is 4.82. The highest BCUT2D eigenvalue weighted by Crippen LogP contribution is 2.37. The molecule has 2 aromatic carbocycles. The molecule has 1 saturated carbocycles. The first-order valence-electron chi connectivity index (χ1n) is 11.2. The smallest absolute Gasteiger partial charge is 0.225 e. The molecule has 0 spiro atoms. The van der Waals surface area contributed by atoms with Gasteiger partial charge in [-0.2, -0.15) is 4.98 Å². The molecule has 0 radical (unpaired) electrons. The van der Waals surface area contributed by atoms with Gasteiger partial charge in [0.05, 0.1) is 21.5 Å². The molecule has 4 aromatic rings. The Balaban J connectivity index is 1.47. The standard InChI is InChI=1S/C25H26FN5OS/c1-15-22(24-30-20-4-2-3-5-21(20)33-24)23(29-19-11-8-17(12-19)14-32)31-25(28-15)27-13-16-6-9-18(26)10-7-16/h2-7,9-10,17,19,32H,8,11-14H2,1H3,(H2,27,28,29,31)/t17-,19+/m1/s1. The maximum Gasteiger partial charge on any atom is 0.225 e. The van der Waals surface area contributed by atoms with Gasteiger partial charge in [-0.25, -0.2) is 14.4 Å². The Hall–Kier alpha value is -3.10. The third-order valence-corrected chi connectivity index (χ3v) is 7.16. The number of halogens is 1. The SMILES string of the molecule is Cc1nc(NCc2ccc(F)cc2)nc(N[C@H]2CC[C@@H](CO)C2)c1-c1nc2ccccc2s1. The highest BCUT2D eigenvalue weighted by Gasteiger charge is 2.26. The van der Waals surface area contributed by atoms with Crippen molar-refractivity contribution in [2.45, 2.75) is 38.8 Å². The monoisotopic (exact) mass is 463 g/mol. The topological polar surface area (TPSA) is 83.0 Å². The van der Waals surface area contributed by atoms with E-state index in [2.05, 4.69) is 16.7 Å². The van der Waals surface area contributed by atoms with Gasteiger partial charge in [0, 0.05) is 19.2 Å².